The number of aldehydes is 2. The molecule has 2 rings (SSSR count). The molecule has 0 saturated heterocycles. The number of carbonyl (C=O) groups is 2. The SMILES string of the molecule is CCCCC(CC)Cn1cc(Oc2cn(CC(CC)CCCC)c(C=O)cc2=O)c(=O)cc1C=O. The fraction of sp³-hybridized carbons (Fsp3) is 0.571. The molecular formula is C28H40N2O5. The van der Waals surface area contributed by atoms with Crippen LogP contribution in [0.5, 0.6) is 11.5 Å². The molecule has 0 aliphatic heterocycles. The van der Waals surface area contributed by atoms with Gasteiger partial charge in [0.1, 0.15) is 0 Å². The molecule has 0 spiro atoms. The maximum absolute atomic E-state index is 12.7. The molecule has 35 heavy (non-hydrogen) atoms. The highest BCUT2D eigenvalue weighted by Crippen LogP contribution is 2.21. The van der Waals surface area contributed by atoms with Crippen molar-refractivity contribution >= 4 is 12.6 Å². The summed E-state index contributed by atoms with van der Waals surface area (Å²) in [6.07, 6.45) is 12.7. The molecule has 0 fully saturated rings. The molecule has 0 N–H and O–H groups in total. The van der Waals surface area contributed by atoms with Gasteiger partial charge in [-0.05, 0) is 24.7 Å². The van der Waals surface area contributed by atoms with E-state index >= 15 is 0 Å². The van der Waals surface area contributed by atoms with Gasteiger partial charge < -0.3 is 13.9 Å². The Bertz CT molecular complexity index is 1000. The van der Waals surface area contributed by atoms with Gasteiger partial charge in [0, 0.05) is 25.2 Å². The van der Waals surface area contributed by atoms with Gasteiger partial charge in [0.25, 0.3) is 0 Å². The molecule has 2 atom stereocenters. The third-order valence-electron chi connectivity index (χ3n) is 6.71. The van der Waals surface area contributed by atoms with Crippen molar-refractivity contribution in [1.29, 1.82) is 0 Å². The number of pyridine rings is 2. The average molecular weight is 485 g/mol. The molecule has 0 radical (unpaired) electrons. The number of nitrogens with zero attached hydrogens (tertiary/aromatic N) is 2. The molecular weight excluding hydrogens is 444 g/mol. The number of hydrogen-bond donors (Lipinski definition) is 0. The quantitative estimate of drug-likeness (QED) is 0.279. The lowest BCUT2D eigenvalue weighted by Gasteiger charge is -2.20. The van der Waals surface area contributed by atoms with E-state index in [4.69, 9.17) is 4.74 Å². The molecule has 0 bridgehead atoms. The van der Waals surface area contributed by atoms with Gasteiger partial charge in [-0.2, -0.15) is 0 Å². The van der Waals surface area contributed by atoms with Gasteiger partial charge in [0.05, 0.1) is 23.8 Å². The summed E-state index contributed by atoms with van der Waals surface area (Å²) in [5, 5.41) is 0. The van der Waals surface area contributed by atoms with Crippen LogP contribution in [0.15, 0.2) is 34.1 Å². The van der Waals surface area contributed by atoms with Gasteiger partial charge in [0.2, 0.25) is 10.9 Å². The summed E-state index contributed by atoms with van der Waals surface area (Å²) < 4.78 is 9.29. The zero-order chi connectivity index (χ0) is 25.8. The van der Waals surface area contributed by atoms with Crippen molar-refractivity contribution < 1.29 is 14.3 Å². The Kier molecular flexibility index (Phi) is 11.7. The van der Waals surface area contributed by atoms with Crippen LogP contribution in [0.3, 0.4) is 0 Å². The van der Waals surface area contributed by atoms with Gasteiger partial charge in [-0.15, -0.1) is 0 Å². The van der Waals surface area contributed by atoms with Crippen LogP contribution in [-0.4, -0.2) is 21.7 Å². The number of ether oxygens (including phenoxy) is 1. The first-order valence-corrected chi connectivity index (χ1v) is 13.0. The standard InChI is InChI=1S/C28H40N2O5/c1-5-9-11-21(7-3)15-29-17-27(25(33)13-23(29)19-31)35-28-18-30(24(20-32)14-26(28)34)16-22(8-4)12-10-6-2/h13-14,17-22H,5-12,15-16H2,1-4H3. The van der Waals surface area contributed by atoms with E-state index in [0.717, 1.165) is 51.4 Å². The van der Waals surface area contributed by atoms with Crippen LogP contribution in [-0.2, 0) is 13.1 Å². The second-order valence-corrected chi connectivity index (χ2v) is 9.33. The summed E-state index contributed by atoms with van der Waals surface area (Å²) in [7, 11) is 0. The third-order valence-corrected chi connectivity index (χ3v) is 6.71. The van der Waals surface area contributed by atoms with Crippen LogP contribution in [0.4, 0.5) is 0 Å². The molecule has 2 aromatic rings. The molecule has 0 aliphatic carbocycles. The molecule has 0 amide bonds. The minimum absolute atomic E-state index is 0.0125. The molecule has 7 nitrogen and oxygen atoms in total. The minimum atomic E-state index is -0.468. The zero-order valence-corrected chi connectivity index (χ0v) is 21.6. The topological polar surface area (TPSA) is 87.4 Å². The summed E-state index contributed by atoms with van der Waals surface area (Å²) in [4.78, 5) is 48.6. The number of aromatic nitrogens is 2. The Morgan fingerprint density at radius 1 is 0.743 bits per heavy atom. The highest BCUT2D eigenvalue weighted by Gasteiger charge is 2.16. The van der Waals surface area contributed by atoms with Crippen LogP contribution in [0.2, 0.25) is 0 Å². The first-order valence-electron chi connectivity index (χ1n) is 13.0. The summed E-state index contributed by atoms with van der Waals surface area (Å²) in [6, 6.07) is 2.51. The van der Waals surface area contributed by atoms with Crippen molar-refractivity contribution in [2.75, 3.05) is 0 Å². The maximum atomic E-state index is 12.7. The molecule has 0 saturated carbocycles. The Morgan fingerprint density at radius 2 is 1.14 bits per heavy atom. The summed E-state index contributed by atoms with van der Waals surface area (Å²) >= 11 is 0. The van der Waals surface area contributed by atoms with Crippen molar-refractivity contribution in [2.24, 2.45) is 11.8 Å². The Morgan fingerprint density at radius 3 is 1.46 bits per heavy atom. The lowest BCUT2D eigenvalue weighted by atomic mass is 9.99. The van der Waals surface area contributed by atoms with Gasteiger partial charge in [-0.3, -0.25) is 19.2 Å². The first kappa shape index (κ1) is 28.3. The Hall–Kier alpha value is -2.96. The Labute approximate surface area is 208 Å². The van der Waals surface area contributed by atoms with E-state index in [2.05, 4.69) is 27.7 Å². The molecule has 0 aromatic carbocycles. The zero-order valence-electron chi connectivity index (χ0n) is 21.6. The first-order chi connectivity index (χ1) is 16.9. The van der Waals surface area contributed by atoms with Crippen LogP contribution in [0, 0.1) is 11.8 Å². The molecule has 2 heterocycles. The number of hydrogen-bond acceptors (Lipinski definition) is 5. The Balaban J connectivity index is 2.40. The summed E-state index contributed by atoms with van der Waals surface area (Å²) in [6.45, 7) is 9.69. The predicted molar refractivity (Wildman–Crippen MR) is 139 cm³/mol. The van der Waals surface area contributed by atoms with Gasteiger partial charge in [-0.25, -0.2) is 0 Å². The lowest BCUT2D eigenvalue weighted by Crippen LogP contribution is -2.21. The van der Waals surface area contributed by atoms with Crippen molar-refractivity contribution in [3.05, 3.63) is 56.4 Å². The second kappa shape index (κ2) is 14.4. The summed E-state index contributed by atoms with van der Waals surface area (Å²) in [5.41, 5.74) is -0.366. The third kappa shape index (κ3) is 8.05. The second-order valence-electron chi connectivity index (χ2n) is 9.33. The maximum Gasteiger partial charge on any atom is 0.224 e. The predicted octanol–water partition coefficient (Wildman–Crippen LogP) is 5.86. The van der Waals surface area contributed by atoms with Gasteiger partial charge >= 0.3 is 0 Å². The molecule has 0 aliphatic rings. The highest BCUT2D eigenvalue weighted by atomic mass is 16.5. The van der Waals surface area contributed by atoms with E-state index in [0.29, 0.717) is 37.5 Å². The average Bonchev–Trinajstić information content (AvgIpc) is 2.87. The van der Waals surface area contributed by atoms with Crippen molar-refractivity contribution in [3.63, 3.8) is 0 Å². The normalized spacial score (nSPS) is 12.8. The fourth-order valence-corrected chi connectivity index (χ4v) is 4.32. The molecule has 192 valence electrons. The van der Waals surface area contributed by atoms with E-state index in [9.17, 15) is 19.2 Å². The van der Waals surface area contributed by atoms with Gasteiger partial charge in [0.15, 0.2) is 24.1 Å². The van der Waals surface area contributed by atoms with Crippen molar-refractivity contribution in [3.8, 4) is 11.5 Å². The van der Waals surface area contributed by atoms with E-state index in [1.165, 1.54) is 24.5 Å². The van der Waals surface area contributed by atoms with E-state index in [1.807, 2.05) is 0 Å². The van der Waals surface area contributed by atoms with E-state index < -0.39 is 10.9 Å². The van der Waals surface area contributed by atoms with Crippen molar-refractivity contribution in [2.45, 2.75) is 92.2 Å². The molecule has 7 heteroatoms. The van der Waals surface area contributed by atoms with E-state index in [-0.39, 0.29) is 22.9 Å². The monoisotopic (exact) mass is 484 g/mol. The van der Waals surface area contributed by atoms with Crippen LogP contribution in [0.1, 0.15) is 100 Å². The van der Waals surface area contributed by atoms with Crippen LogP contribution >= 0.6 is 0 Å². The largest absolute Gasteiger partial charge is 0.446 e. The van der Waals surface area contributed by atoms with E-state index in [1.54, 1.807) is 9.13 Å². The number of rotatable bonds is 16. The minimum Gasteiger partial charge on any atom is -0.446 e. The van der Waals surface area contributed by atoms with Crippen LogP contribution < -0.4 is 15.6 Å². The number of carbonyl (C=O) groups excluding carboxylic acids is 2. The fourth-order valence-electron chi connectivity index (χ4n) is 4.32. The smallest absolute Gasteiger partial charge is 0.224 e. The number of unbranched alkanes of at least 4 members (excludes halogenated alkanes) is 2. The molecule has 2 unspecified atom stereocenters. The van der Waals surface area contributed by atoms with Crippen LogP contribution in [0.25, 0.3) is 0 Å². The lowest BCUT2D eigenvalue weighted by molar-refractivity contribution is 0.110. The van der Waals surface area contributed by atoms with Crippen molar-refractivity contribution in [1.82, 2.24) is 9.13 Å². The highest BCUT2D eigenvalue weighted by molar-refractivity contribution is 5.73. The molecule has 2 aromatic heterocycles. The summed E-state index contributed by atoms with van der Waals surface area (Å²) in [5.74, 6) is 0.701. The van der Waals surface area contributed by atoms with Gasteiger partial charge in [-0.1, -0.05) is 66.2 Å².